The van der Waals surface area contributed by atoms with E-state index in [9.17, 15) is 4.79 Å². The number of aryl methyl sites for hydroxylation is 2. The van der Waals surface area contributed by atoms with E-state index in [1.54, 1.807) is 0 Å². The Morgan fingerprint density at radius 2 is 1.62 bits per heavy atom. The third-order valence-corrected chi connectivity index (χ3v) is 2.97. The summed E-state index contributed by atoms with van der Waals surface area (Å²) in [5.74, 6) is 0. The number of hydrogen-bond donors (Lipinski definition) is 0. The summed E-state index contributed by atoms with van der Waals surface area (Å²) in [6, 6.07) is 6.13. The fourth-order valence-corrected chi connectivity index (χ4v) is 1.93. The Balaban J connectivity index is 2.82. The van der Waals surface area contributed by atoms with Gasteiger partial charge in [0.05, 0.1) is 0 Å². The summed E-state index contributed by atoms with van der Waals surface area (Å²) in [7, 11) is 0. The van der Waals surface area contributed by atoms with E-state index in [0.29, 0.717) is 0 Å². The molecule has 0 fully saturated rings. The first kappa shape index (κ1) is 13.0. The van der Waals surface area contributed by atoms with Crippen molar-refractivity contribution in [3.05, 3.63) is 34.9 Å². The Bertz CT molecular complexity index is 328. The van der Waals surface area contributed by atoms with Crippen molar-refractivity contribution in [2.45, 2.75) is 52.4 Å². The van der Waals surface area contributed by atoms with E-state index in [1.807, 2.05) is 6.07 Å². The number of unbranched alkanes of at least 4 members (excludes halogenated alkanes) is 2. The number of rotatable bonds is 7. The monoisotopic (exact) mass is 218 g/mol. The van der Waals surface area contributed by atoms with Gasteiger partial charge in [-0.1, -0.05) is 38.8 Å². The Labute approximate surface area is 98.9 Å². The highest BCUT2D eigenvalue weighted by Gasteiger charge is 2.03. The number of carbonyl (C=O) groups excluding carboxylic acids is 1. The van der Waals surface area contributed by atoms with E-state index in [2.05, 4.69) is 26.0 Å². The summed E-state index contributed by atoms with van der Waals surface area (Å²) < 4.78 is 0. The number of benzene rings is 1. The van der Waals surface area contributed by atoms with Gasteiger partial charge in [0, 0.05) is 5.56 Å². The molecule has 0 radical (unpaired) electrons. The quantitative estimate of drug-likeness (QED) is 0.627. The van der Waals surface area contributed by atoms with Crippen LogP contribution in [0.5, 0.6) is 0 Å². The van der Waals surface area contributed by atoms with Crippen molar-refractivity contribution in [1.29, 1.82) is 0 Å². The second kappa shape index (κ2) is 7.21. The van der Waals surface area contributed by atoms with Crippen LogP contribution in [0.4, 0.5) is 0 Å². The van der Waals surface area contributed by atoms with E-state index < -0.39 is 0 Å². The summed E-state index contributed by atoms with van der Waals surface area (Å²) in [5, 5.41) is 0. The molecule has 88 valence electrons. The molecule has 0 spiro atoms. The zero-order valence-electron chi connectivity index (χ0n) is 10.5. The van der Waals surface area contributed by atoms with Gasteiger partial charge in [-0.25, -0.2) is 0 Å². The maximum atomic E-state index is 10.8. The van der Waals surface area contributed by atoms with Crippen molar-refractivity contribution in [3.8, 4) is 0 Å². The Hall–Kier alpha value is -1.11. The first-order valence-corrected chi connectivity index (χ1v) is 6.38. The van der Waals surface area contributed by atoms with Crippen LogP contribution in [0, 0.1) is 0 Å². The lowest BCUT2D eigenvalue weighted by molar-refractivity contribution is 0.112. The third-order valence-electron chi connectivity index (χ3n) is 2.97. The van der Waals surface area contributed by atoms with Crippen molar-refractivity contribution in [2.75, 3.05) is 0 Å². The molecule has 1 rings (SSSR count). The number of aldehydes is 1. The molecule has 0 unspecified atom stereocenters. The minimum atomic E-state index is 0.811. The van der Waals surface area contributed by atoms with Gasteiger partial charge in [0.25, 0.3) is 0 Å². The largest absolute Gasteiger partial charge is 0.298 e. The van der Waals surface area contributed by atoms with Crippen LogP contribution in [0.1, 0.15) is 61.0 Å². The van der Waals surface area contributed by atoms with Gasteiger partial charge in [0.2, 0.25) is 0 Å². The van der Waals surface area contributed by atoms with Crippen LogP contribution in [-0.4, -0.2) is 6.29 Å². The summed E-state index contributed by atoms with van der Waals surface area (Å²) >= 11 is 0. The molecule has 0 atom stereocenters. The minimum Gasteiger partial charge on any atom is -0.298 e. The van der Waals surface area contributed by atoms with Crippen LogP contribution in [0.3, 0.4) is 0 Å². The van der Waals surface area contributed by atoms with Gasteiger partial charge in [-0.2, -0.15) is 0 Å². The van der Waals surface area contributed by atoms with Crippen LogP contribution in [-0.2, 0) is 12.8 Å². The predicted molar refractivity (Wildman–Crippen MR) is 69.1 cm³/mol. The zero-order valence-corrected chi connectivity index (χ0v) is 10.5. The molecule has 1 aromatic carbocycles. The highest BCUT2D eigenvalue weighted by Crippen LogP contribution is 2.16. The fourth-order valence-electron chi connectivity index (χ4n) is 1.93. The smallest absolute Gasteiger partial charge is 0.150 e. The Kier molecular flexibility index (Phi) is 5.84. The molecule has 0 saturated heterocycles. The van der Waals surface area contributed by atoms with Gasteiger partial charge >= 0.3 is 0 Å². The maximum Gasteiger partial charge on any atom is 0.150 e. The van der Waals surface area contributed by atoms with Gasteiger partial charge in [-0.05, 0) is 42.9 Å². The van der Waals surface area contributed by atoms with Gasteiger partial charge in [-0.15, -0.1) is 0 Å². The first-order valence-electron chi connectivity index (χ1n) is 6.38. The lowest BCUT2D eigenvalue weighted by Crippen LogP contribution is -1.96. The van der Waals surface area contributed by atoms with Crippen LogP contribution < -0.4 is 0 Å². The standard InChI is InChI=1S/C15H22O/c1-3-5-7-14-10-9-13(12-16)11-15(14)8-6-4-2/h9-12H,3-8H2,1-2H3. The molecule has 0 amide bonds. The van der Waals surface area contributed by atoms with Crippen molar-refractivity contribution >= 4 is 6.29 Å². The molecule has 0 saturated carbocycles. The average Bonchev–Trinajstić information content (AvgIpc) is 2.34. The van der Waals surface area contributed by atoms with Crippen molar-refractivity contribution in [3.63, 3.8) is 0 Å². The van der Waals surface area contributed by atoms with Gasteiger partial charge in [-0.3, -0.25) is 4.79 Å². The molecule has 1 nitrogen and oxygen atoms in total. The first-order chi connectivity index (χ1) is 7.81. The van der Waals surface area contributed by atoms with Crippen molar-refractivity contribution in [1.82, 2.24) is 0 Å². The second-order valence-electron chi connectivity index (χ2n) is 4.35. The molecule has 16 heavy (non-hydrogen) atoms. The molecule has 0 aliphatic carbocycles. The van der Waals surface area contributed by atoms with E-state index in [-0.39, 0.29) is 0 Å². The van der Waals surface area contributed by atoms with Crippen LogP contribution in [0.2, 0.25) is 0 Å². The summed E-state index contributed by atoms with van der Waals surface area (Å²) in [4.78, 5) is 10.8. The van der Waals surface area contributed by atoms with Crippen LogP contribution in [0.15, 0.2) is 18.2 Å². The number of carbonyl (C=O) groups is 1. The third kappa shape index (κ3) is 3.80. The topological polar surface area (TPSA) is 17.1 Å². The van der Waals surface area contributed by atoms with E-state index in [0.717, 1.165) is 24.7 Å². The average molecular weight is 218 g/mol. The van der Waals surface area contributed by atoms with E-state index >= 15 is 0 Å². The zero-order chi connectivity index (χ0) is 11.8. The molecule has 0 heterocycles. The fraction of sp³-hybridized carbons (Fsp3) is 0.533. The molecule has 1 heteroatoms. The molecule has 0 aromatic heterocycles. The minimum absolute atomic E-state index is 0.811. The summed E-state index contributed by atoms with van der Waals surface area (Å²) in [5.41, 5.74) is 3.62. The second-order valence-corrected chi connectivity index (χ2v) is 4.35. The molecule has 0 N–H and O–H groups in total. The van der Waals surface area contributed by atoms with Crippen LogP contribution >= 0.6 is 0 Å². The van der Waals surface area contributed by atoms with E-state index in [4.69, 9.17) is 0 Å². The van der Waals surface area contributed by atoms with Gasteiger partial charge in [0.15, 0.2) is 0 Å². The molecular weight excluding hydrogens is 196 g/mol. The van der Waals surface area contributed by atoms with E-state index in [1.165, 1.54) is 36.8 Å². The number of hydrogen-bond acceptors (Lipinski definition) is 1. The lowest BCUT2D eigenvalue weighted by atomic mass is 9.96. The molecule has 1 aromatic rings. The SMILES string of the molecule is CCCCc1ccc(C=O)cc1CCCC. The highest BCUT2D eigenvalue weighted by molar-refractivity contribution is 5.75. The molecule has 0 aliphatic rings. The van der Waals surface area contributed by atoms with Gasteiger partial charge in [0.1, 0.15) is 6.29 Å². The van der Waals surface area contributed by atoms with Crippen molar-refractivity contribution < 1.29 is 4.79 Å². The molecular formula is C15H22O. The predicted octanol–water partition coefficient (Wildman–Crippen LogP) is 4.18. The molecule has 0 aliphatic heterocycles. The summed E-state index contributed by atoms with van der Waals surface area (Å²) in [6.07, 6.45) is 8.08. The maximum absolute atomic E-state index is 10.8. The normalized spacial score (nSPS) is 10.4. The van der Waals surface area contributed by atoms with Gasteiger partial charge < -0.3 is 0 Å². The highest BCUT2D eigenvalue weighted by atomic mass is 16.1. The van der Waals surface area contributed by atoms with Crippen LogP contribution in [0.25, 0.3) is 0 Å². The Morgan fingerprint density at radius 3 is 2.19 bits per heavy atom. The van der Waals surface area contributed by atoms with Crippen molar-refractivity contribution in [2.24, 2.45) is 0 Å². The molecule has 0 bridgehead atoms. The Morgan fingerprint density at radius 1 is 1.00 bits per heavy atom. The summed E-state index contributed by atoms with van der Waals surface area (Å²) in [6.45, 7) is 4.42. The lowest BCUT2D eigenvalue weighted by Gasteiger charge is -2.09.